The van der Waals surface area contributed by atoms with E-state index < -0.39 is 8.07 Å². The number of aryl methyl sites for hydroxylation is 1. The molecular weight excluding hydrogens is 192 g/mol. The van der Waals surface area contributed by atoms with Crippen LogP contribution in [0.5, 0.6) is 0 Å². The molecule has 80 valence electrons. The van der Waals surface area contributed by atoms with Crippen LogP contribution in [0.2, 0.25) is 25.7 Å². The van der Waals surface area contributed by atoms with E-state index in [0.29, 0.717) is 12.8 Å². The van der Waals surface area contributed by atoms with Crippen LogP contribution in [0.4, 0.5) is 0 Å². The third-order valence-electron chi connectivity index (χ3n) is 1.92. The van der Waals surface area contributed by atoms with Gasteiger partial charge >= 0.3 is 0 Å². The molecule has 1 rings (SSSR count). The second-order valence-electron chi connectivity index (χ2n) is 4.75. The summed E-state index contributed by atoms with van der Waals surface area (Å²) in [4.78, 5) is 0. The van der Waals surface area contributed by atoms with Crippen molar-refractivity contribution in [3.8, 4) is 0 Å². The molecule has 4 heteroatoms. The summed E-state index contributed by atoms with van der Waals surface area (Å²) in [6, 6.07) is 1.64. The molecule has 14 heavy (non-hydrogen) atoms. The maximum absolute atomic E-state index is 7.49. The van der Waals surface area contributed by atoms with Crippen LogP contribution >= 0.6 is 0 Å². The molecule has 0 saturated carbocycles. The van der Waals surface area contributed by atoms with Gasteiger partial charge in [-0.05, 0) is 19.0 Å². The normalized spacial score (nSPS) is 13.0. The van der Waals surface area contributed by atoms with E-state index in [-0.39, 0.29) is 0 Å². The van der Waals surface area contributed by atoms with Crippen molar-refractivity contribution < 1.29 is 6.11 Å². The lowest BCUT2D eigenvalue weighted by molar-refractivity contribution is 0.0784. The van der Waals surface area contributed by atoms with E-state index in [9.17, 15) is 0 Å². The molecule has 1 aromatic heterocycles. The number of aromatic nitrogens is 2. The molecular formula is C10H20N2OSi. The van der Waals surface area contributed by atoms with Gasteiger partial charge in [0.05, 0.1) is 7.06 Å². The summed E-state index contributed by atoms with van der Waals surface area (Å²) < 4.78 is 14.7. The highest BCUT2D eigenvalue weighted by Crippen LogP contribution is 2.07. The summed E-state index contributed by atoms with van der Waals surface area (Å²) in [6.45, 7) is 10.1. The largest absolute Gasteiger partial charge is 0.360 e. The van der Waals surface area contributed by atoms with Crippen LogP contribution in [0.25, 0.3) is 0 Å². The zero-order chi connectivity index (χ0) is 11.5. The molecule has 0 aliphatic carbocycles. The highest BCUT2D eigenvalue weighted by atomic mass is 28.3. The van der Waals surface area contributed by atoms with E-state index in [0.717, 1.165) is 12.3 Å². The Labute approximate surface area is 88.5 Å². The topological polar surface area (TPSA) is 27.1 Å². The van der Waals surface area contributed by atoms with Crippen LogP contribution in [-0.4, -0.2) is 24.5 Å². The van der Waals surface area contributed by atoms with Crippen molar-refractivity contribution in [2.24, 2.45) is 0 Å². The maximum Gasteiger partial charge on any atom is 0.139 e. The quantitative estimate of drug-likeness (QED) is 0.555. The van der Waals surface area contributed by atoms with Crippen LogP contribution in [0.1, 0.15) is 7.06 Å². The molecule has 0 amide bonds. The Balaban J connectivity index is 2.26. The van der Waals surface area contributed by atoms with E-state index in [1.165, 1.54) is 6.04 Å². The Morgan fingerprint density at radius 2 is 2.29 bits per heavy atom. The molecule has 0 aromatic carbocycles. The number of nitrogens with zero attached hydrogens (tertiary/aromatic N) is 2. The average molecular weight is 213 g/mol. The lowest BCUT2D eigenvalue weighted by atomic mass is 10.5. The van der Waals surface area contributed by atoms with Gasteiger partial charge in [0.25, 0.3) is 0 Å². The highest BCUT2D eigenvalue weighted by molar-refractivity contribution is 6.76. The molecule has 0 spiro atoms. The van der Waals surface area contributed by atoms with Gasteiger partial charge in [0.1, 0.15) is 6.73 Å². The fraction of sp³-hybridized carbons (Fsp3) is 0.700. The molecule has 0 fully saturated rings. The summed E-state index contributed by atoms with van der Waals surface area (Å²) in [7, 11) is -0.993. The molecule has 0 N–H and O–H groups in total. The van der Waals surface area contributed by atoms with Crippen molar-refractivity contribution in [2.75, 3.05) is 6.61 Å². The van der Waals surface area contributed by atoms with Gasteiger partial charge in [-0.25, -0.2) is 4.68 Å². The van der Waals surface area contributed by atoms with Gasteiger partial charge in [0.15, 0.2) is 0 Å². The van der Waals surface area contributed by atoms with Crippen LogP contribution in [0, 0.1) is 6.92 Å². The molecule has 3 nitrogen and oxygen atoms in total. The Morgan fingerprint density at radius 1 is 1.57 bits per heavy atom. The standard InChI is InChI=1S/C10H20N2OSi/c1-10-5-6-12(11-10)9-13-7-8-14(2,3)4/h5-6H,7-9H2,1-4H3/i5D. The van der Waals surface area contributed by atoms with Gasteiger partial charge in [0.2, 0.25) is 0 Å². The third-order valence-corrected chi connectivity index (χ3v) is 3.62. The molecule has 0 radical (unpaired) electrons. The van der Waals surface area contributed by atoms with E-state index >= 15 is 0 Å². The zero-order valence-electron chi connectivity index (χ0n) is 10.5. The van der Waals surface area contributed by atoms with Crippen LogP contribution in [0.3, 0.4) is 0 Å². The minimum Gasteiger partial charge on any atom is -0.360 e. The monoisotopic (exact) mass is 213 g/mol. The lowest BCUT2D eigenvalue weighted by Crippen LogP contribution is -2.22. The number of hydrogen-bond acceptors (Lipinski definition) is 2. The fourth-order valence-corrected chi connectivity index (χ4v) is 1.78. The highest BCUT2D eigenvalue weighted by Gasteiger charge is 2.11. The van der Waals surface area contributed by atoms with Crippen molar-refractivity contribution in [3.63, 3.8) is 0 Å². The van der Waals surface area contributed by atoms with Crippen LogP contribution in [-0.2, 0) is 11.5 Å². The van der Waals surface area contributed by atoms with Gasteiger partial charge in [-0.3, -0.25) is 0 Å². The molecule has 0 bridgehead atoms. The van der Waals surface area contributed by atoms with Crippen molar-refractivity contribution in [1.29, 1.82) is 0 Å². The van der Waals surface area contributed by atoms with Crippen molar-refractivity contribution >= 4 is 8.07 Å². The minimum atomic E-state index is -0.993. The smallest absolute Gasteiger partial charge is 0.139 e. The van der Waals surface area contributed by atoms with E-state index in [1.807, 2.05) is 6.92 Å². The summed E-state index contributed by atoms with van der Waals surface area (Å²) in [6.07, 6.45) is 1.70. The van der Waals surface area contributed by atoms with Crippen molar-refractivity contribution in [2.45, 2.75) is 39.3 Å². The van der Waals surface area contributed by atoms with Crippen molar-refractivity contribution in [1.82, 2.24) is 9.78 Å². The Morgan fingerprint density at radius 3 is 2.79 bits per heavy atom. The molecule has 0 unspecified atom stereocenters. The summed E-state index contributed by atoms with van der Waals surface area (Å²) in [5.41, 5.74) is 0.754. The van der Waals surface area contributed by atoms with Crippen LogP contribution in [0.15, 0.2) is 12.2 Å². The van der Waals surface area contributed by atoms with E-state index in [2.05, 4.69) is 24.7 Å². The van der Waals surface area contributed by atoms with Gasteiger partial charge in [-0.1, -0.05) is 19.6 Å². The molecule has 1 aromatic rings. The predicted octanol–water partition coefficient (Wildman–Crippen LogP) is 2.50. The third kappa shape index (κ3) is 4.57. The summed E-state index contributed by atoms with van der Waals surface area (Å²) in [5, 5.41) is 4.16. The predicted molar refractivity (Wildman–Crippen MR) is 61.1 cm³/mol. The Kier molecular flexibility index (Phi) is 3.37. The first-order chi connectivity index (χ1) is 6.88. The van der Waals surface area contributed by atoms with E-state index in [1.54, 1.807) is 10.9 Å². The van der Waals surface area contributed by atoms with Crippen LogP contribution < -0.4 is 0 Å². The molecule has 0 aliphatic rings. The molecule has 0 saturated heterocycles. The van der Waals surface area contributed by atoms with E-state index in [4.69, 9.17) is 6.11 Å². The average Bonchev–Trinajstić information content (AvgIpc) is 2.39. The second-order valence-corrected chi connectivity index (χ2v) is 10.4. The van der Waals surface area contributed by atoms with Gasteiger partial charge in [-0.2, -0.15) is 5.10 Å². The number of rotatable bonds is 5. The zero-order valence-corrected chi connectivity index (χ0v) is 10.5. The van der Waals surface area contributed by atoms with Gasteiger partial charge in [0, 0.05) is 20.9 Å². The Bertz CT molecular complexity index is 300. The number of ether oxygens (including phenoxy) is 1. The maximum atomic E-state index is 7.49. The molecule has 0 aliphatic heterocycles. The SMILES string of the molecule is [2H]c1cn(COCC[Si](C)(C)C)nc1C. The first-order valence-corrected chi connectivity index (χ1v) is 8.67. The Hall–Kier alpha value is -0.613. The summed E-state index contributed by atoms with van der Waals surface area (Å²) in [5.74, 6) is 0. The number of hydrogen-bond donors (Lipinski definition) is 0. The first-order valence-electron chi connectivity index (χ1n) is 5.47. The van der Waals surface area contributed by atoms with Gasteiger partial charge < -0.3 is 4.74 Å². The van der Waals surface area contributed by atoms with Crippen molar-refractivity contribution in [3.05, 3.63) is 17.9 Å². The second kappa shape index (κ2) is 4.75. The molecule has 0 atom stereocenters. The lowest BCUT2D eigenvalue weighted by Gasteiger charge is -2.15. The first kappa shape index (κ1) is 9.92. The van der Waals surface area contributed by atoms with Gasteiger partial charge in [-0.15, -0.1) is 0 Å². The molecule has 1 heterocycles. The fourth-order valence-electron chi connectivity index (χ4n) is 1.02. The minimum absolute atomic E-state index is 0.463. The summed E-state index contributed by atoms with van der Waals surface area (Å²) >= 11 is 0.